The molecule has 2 amide bonds. The van der Waals surface area contributed by atoms with Gasteiger partial charge >= 0.3 is 0 Å². The van der Waals surface area contributed by atoms with Gasteiger partial charge in [-0.1, -0.05) is 30.3 Å². The van der Waals surface area contributed by atoms with E-state index in [-0.39, 0.29) is 42.7 Å². The van der Waals surface area contributed by atoms with E-state index in [0.29, 0.717) is 29.9 Å². The van der Waals surface area contributed by atoms with Gasteiger partial charge in [0.15, 0.2) is 0 Å². The Labute approximate surface area is 196 Å². The van der Waals surface area contributed by atoms with Crippen molar-refractivity contribution in [3.63, 3.8) is 0 Å². The number of halogens is 2. The van der Waals surface area contributed by atoms with Crippen LogP contribution < -0.4 is 16.0 Å². The number of hydrogen-bond acceptors (Lipinski definition) is 4. The lowest BCUT2D eigenvalue weighted by Gasteiger charge is -2.34. The van der Waals surface area contributed by atoms with E-state index < -0.39 is 12.1 Å². The van der Waals surface area contributed by atoms with Crippen LogP contribution >= 0.6 is 0 Å². The minimum atomic E-state index is -0.774. The topological polar surface area (TPSA) is 88.3 Å². The second-order valence-electron chi connectivity index (χ2n) is 8.42. The van der Waals surface area contributed by atoms with Crippen LogP contribution in [0, 0.1) is 11.6 Å². The number of nitrogens with zero attached hydrogens (tertiary/aromatic N) is 2. The summed E-state index contributed by atoms with van der Waals surface area (Å²) in [6.45, 7) is 0.363. The first-order valence-electron chi connectivity index (χ1n) is 11.2. The number of fused-ring (bicyclic) bond motifs is 1. The summed E-state index contributed by atoms with van der Waals surface area (Å²) in [5, 5.41) is 2.78. The number of rotatable bonds is 8. The van der Waals surface area contributed by atoms with Gasteiger partial charge in [0.2, 0.25) is 11.8 Å². The van der Waals surface area contributed by atoms with E-state index in [0.717, 1.165) is 5.56 Å². The van der Waals surface area contributed by atoms with Crippen molar-refractivity contribution in [2.75, 3.05) is 11.4 Å². The Morgan fingerprint density at radius 1 is 1.12 bits per heavy atom. The lowest BCUT2D eigenvalue weighted by Crippen LogP contribution is -2.54. The quantitative estimate of drug-likeness (QED) is 0.537. The number of hydrogen-bond donors (Lipinski definition) is 2. The maximum absolute atomic E-state index is 13.9. The van der Waals surface area contributed by atoms with E-state index in [1.54, 1.807) is 47.5 Å². The summed E-state index contributed by atoms with van der Waals surface area (Å²) in [6.07, 6.45) is 2.62. The fourth-order valence-corrected chi connectivity index (χ4v) is 4.17. The predicted octanol–water partition coefficient (Wildman–Crippen LogP) is 2.94. The average Bonchev–Trinajstić information content (AvgIpc) is 2.81. The number of nitrogens with two attached hydrogens (primary N) is 1. The van der Waals surface area contributed by atoms with Gasteiger partial charge in [-0.25, -0.2) is 8.78 Å². The highest BCUT2D eigenvalue weighted by Crippen LogP contribution is 2.26. The molecule has 176 valence electrons. The van der Waals surface area contributed by atoms with Crippen LogP contribution in [-0.2, 0) is 28.9 Å². The SMILES string of the molecule is N[C@@H](CC(=O)NC1Cc2ncccc2N(CCc2ccc(F)cc2)C1=O)Cc1ccccc1F. The summed E-state index contributed by atoms with van der Waals surface area (Å²) in [5.74, 6) is -1.29. The highest BCUT2D eigenvalue weighted by molar-refractivity contribution is 6.01. The molecule has 1 unspecified atom stereocenters. The minimum absolute atomic E-state index is 0.0389. The van der Waals surface area contributed by atoms with Crippen molar-refractivity contribution in [2.24, 2.45) is 5.73 Å². The molecule has 0 bridgehead atoms. The number of anilines is 1. The Morgan fingerprint density at radius 3 is 2.65 bits per heavy atom. The highest BCUT2D eigenvalue weighted by atomic mass is 19.1. The molecule has 0 spiro atoms. The number of pyridine rings is 1. The molecule has 0 aliphatic carbocycles. The third-order valence-electron chi connectivity index (χ3n) is 5.88. The molecule has 3 N–H and O–H groups in total. The Morgan fingerprint density at radius 2 is 1.88 bits per heavy atom. The molecule has 3 aromatic rings. The lowest BCUT2D eigenvalue weighted by atomic mass is 9.99. The number of nitrogens with one attached hydrogen (secondary N) is 1. The van der Waals surface area contributed by atoms with Crippen LogP contribution in [0.3, 0.4) is 0 Å². The molecule has 8 heteroatoms. The maximum Gasteiger partial charge on any atom is 0.250 e. The first kappa shape index (κ1) is 23.5. The normalized spacial score (nSPS) is 16.1. The zero-order valence-corrected chi connectivity index (χ0v) is 18.6. The number of carbonyl (C=O) groups is 2. The van der Waals surface area contributed by atoms with Gasteiger partial charge in [0, 0.05) is 31.6 Å². The Kier molecular flexibility index (Phi) is 7.27. The van der Waals surface area contributed by atoms with Crippen molar-refractivity contribution < 1.29 is 18.4 Å². The number of benzene rings is 2. The fraction of sp³-hybridized carbons (Fsp3) is 0.269. The van der Waals surface area contributed by atoms with Gasteiger partial charge in [-0.2, -0.15) is 0 Å². The molecular formula is C26H26F2N4O2. The Bertz CT molecular complexity index is 1170. The van der Waals surface area contributed by atoms with Gasteiger partial charge in [-0.3, -0.25) is 14.6 Å². The second-order valence-corrected chi connectivity index (χ2v) is 8.42. The zero-order valence-electron chi connectivity index (χ0n) is 18.6. The van der Waals surface area contributed by atoms with E-state index >= 15 is 0 Å². The molecule has 2 heterocycles. The monoisotopic (exact) mass is 464 g/mol. The van der Waals surface area contributed by atoms with Crippen LogP contribution in [-0.4, -0.2) is 35.4 Å². The molecular weight excluding hydrogens is 438 g/mol. The molecule has 0 saturated carbocycles. The third kappa shape index (κ3) is 5.63. The van der Waals surface area contributed by atoms with E-state index in [9.17, 15) is 18.4 Å². The van der Waals surface area contributed by atoms with Crippen LogP contribution in [0.25, 0.3) is 0 Å². The molecule has 0 fully saturated rings. The molecule has 2 aromatic carbocycles. The molecule has 1 aliphatic heterocycles. The van der Waals surface area contributed by atoms with Crippen molar-refractivity contribution in [2.45, 2.75) is 37.8 Å². The van der Waals surface area contributed by atoms with Crippen molar-refractivity contribution in [1.82, 2.24) is 10.3 Å². The van der Waals surface area contributed by atoms with Crippen LogP contribution in [0.4, 0.5) is 14.5 Å². The number of aromatic nitrogens is 1. The molecule has 34 heavy (non-hydrogen) atoms. The molecule has 4 rings (SSSR count). The van der Waals surface area contributed by atoms with Gasteiger partial charge in [-0.05, 0) is 54.3 Å². The first-order chi connectivity index (χ1) is 16.4. The Balaban J connectivity index is 1.41. The summed E-state index contributed by atoms with van der Waals surface area (Å²) in [4.78, 5) is 31.9. The van der Waals surface area contributed by atoms with Crippen LogP contribution in [0.1, 0.15) is 23.2 Å². The standard InChI is InChI=1S/C26H26F2N4O2/c27-19-9-7-17(8-10-19)11-13-32-24-6-3-12-30-22(24)16-23(26(32)34)31-25(33)15-20(29)14-18-4-1-2-5-21(18)28/h1-10,12,20,23H,11,13-16,29H2,(H,31,33)/t20-,23?/m1/s1. The largest absolute Gasteiger partial charge is 0.344 e. The van der Waals surface area contributed by atoms with E-state index in [2.05, 4.69) is 10.3 Å². The summed E-state index contributed by atoms with van der Waals surface area (Å²) in [5.41, 5.74) is 8.83. The number of carbonyl (C=O) groups excluding carboxylic acids is 2. The van der Waals surface area contributed by atoms with Gasteiger partial charge < -0.3 is 16.0 Å². The minimum Gasteiger partial charge on any atom is -0.344 e. The van der Waals surface area contributed by atoms with Gasteiger partial charge in [-0.15, -0.1) is 0 Å². The molecule has 6 nitrogen and oxygen atoms in total. The maximum atomic E-state index is 13.9. The fourth-order valence-electron chi connectivity index (χ4n) is 4.17. The van der Waals surface area contributed by atoms with Crippen molar-refractivity contribution in [3.05, 3.63) is 95.3 Å². The van der Waals surface area contributed by atoms with E-state index in [1.807, 2.05) is 6.07 Å². The molecule has 1 aliphatic rings. The van der Waals surface area contributed by atoms with Gasteiger partial charge in [0.05, 0.1) is 11.4 Å². The zero-order chi connectivity index (χ0) is 24.1. The second kappa shape index (κ2) is 10.5. The van der Waals surface area contributed by atoms with Crippen LogP contribution in [0.2, 0.25) is 0 Å². The Hall–Kier alpha value is -3.65. The number of amides is 2. The van der Waals surface area contributed by atoms with E-state index in [1.165, 1.54) is 18.2 Å². The van der Waals surface area contributed by atoms with Crippen molar-refractivity contribution in [3.8, 4) is 0 Å². The van der Waals surface area contributed by atoms with Gasteiger partial charge in [0.1, 0.15) is 17.7 Å². The lowest BCUT2D eigenvalue weighted by molar-refractivity contribution is -0.128. The van der Waals surface area contributed by atoms with Crippen LogP contribution in [0.15, 0.2) is 66.9 Å². The predicted molar refractivity (Wildman–Crippen MR) is 125 cm³/mol. The first-order valence-corrected chi connectivity index (χ1v) is 11.2. The van der Waals surface area contributed by atoms with Crippen molar-refractivity contribution >= 4 is 17.5 Å². The third-order valence-corrected chi connectivity index (χ3v) is 5.88. The molecule has 0 saturated heterocycles. The highest BCUT2D eigenvalue weighted by Gasteiger charge is 2.34. The van der Waals surface area contributed by atoms with Crippen molar-refractivity contribution in [1.29, 1.82) is 0 Å². The summed E-state index contributed by atoms with van der Waals surface area (Å²) >= 11 is 0. The smallest absolute Gasteiger partial charge is 0.250 e. The summed E-state index contributed by atoms with van der Waals surface area (Å²) < 4.78 is 27.1. The molecule has 1 aromatic heterocycles. The summed E-state index contributed by atoms with van der Waals surface area (Å²) in [6, 6.07) is 14.7. The van der Waals surface area contributed by atoms with Crippen LogP contribution in [0.5, 0.6) is 0 Å². The van der Waals surface area contributed by atoms with E-state index in [4.69, 9.17) is 5.73 Å². The molecule has 2 atom stereocenters. The van der Waals surface area contributed by atoms with Gasteiger partial charge in [0.25, 0.3) is 0 Å². The summed E-state index contributed by atoms with van der Waals surface area (Å²) in [7, 11) is 0. The average molecular weight is 465 g/mol. The molecule has 0 radical (unpaired) electrons.